The fraction of sp³-hybridized carbons (Fsp3) is 0.333. The minimum Gasteiger partial charge on any atom is -0.353 e. The molecule has 2 rings (SSSR count). The van der Waals surface area contributed by atoms with E-state index in [1.165, 1.54) is 5.56 Å². The molecule has 1 saturated heterocycles. The van der Waals surface area contributed by atoms with Crippen molar-refractivity contribution in [1.82, 2.24) is 4.90 Å². The molecule has 1 aromatic rings. The zero-order chi connectivity index (χ0) is 14.2. The molecular formula is C18H23NO. The molecule has 1 aliphatic rings. The SMILES string of the molecule is C=CCN(CCc1ccccccccc1)C1OC1C. The van der Waals surface area contributed by atoms with Gasteiger partial charge in [-0.05, 0) is 18.9 Å². The van der Waals surface area contributed by atoms with Crippen molar-refractivity contribution in [3.63, 3.8) is 0 Å². The van der Waals surface area contributed by atoms with E-state index in [1.54, 1.807) is 0 Å². The van der Waals surface area contributed by atoms with Gasteiger partial charge in [-0.2, -0.15) is 0 Å². The van der Waals surface area contributed by atoms with Gasteiger partial charge in [0.05, 0.1) is 6.10 Å². The predicted octanol–water partition coefficient (Wildman–Crippen LogP) is 3.59. The van der Waals surface area contributed by atoms with Gasteiger partial charge in [0.25, 0.3) is 0 Å². The first-order chi connectivity index (χ1) is 9.81. The van der Waals surface area contributed by atoms with Crippen molar-refractivity contribution in [3.05, 3.63) is 72.8 Å². The summed E-state index contributed by atoms with van der Waals surface area (Å²) in [5, 5.41) is 0. The maximum Gasteiger partial charge on any atom is 0.137 e. The van der Waals surface area contributed by atoms with E-state index in [-0.39, 0.29) is 6.23 Å². The summed E-state index contributed by atoms with van der Waals surface area (Å²) in [4.78, 5) is 2.34. The third-order valence-corrected chi connectivity index (χ3v) is 3.38. The second kappa shape index (κ2) is 7.83. The Balaban J connectivity index is 2.00. The van der Waals surface area contributed by atoms with Crippen molar-refractivity contribution < 1.29 is 4.74 Å². The van der Waals surface area contributed by atoms with Crippen molar-refractivity contribution in [3.8, 4) is 0 Å². The number of hydrogen-bond donors (Lipinski definition) is 0. The van der Waals surface area contributed by atoms with E-state index in [0.29, 0.717) is 6.10 Å². The third kappa shape index (κ3) is 4.80. The molecule has 2 heteroatoms. The Labute approximate surface area is 122 Å². The second-order valence-corrected chi connectivity index (χ2v) is 5.02. The Hall–Kier alpha value is -1.64. The van der Waals surface area contributed by atoms with Crippen molar-refractivity contribution in [1.29, 1.82) is 0 Å². The van der Waals surface area contributed by atoms with Crippen molar-refractivity contribution in [2.24, 2.45) is 0 Å². The summed E-state index contributed by atoms with van der Waals surface area (Å²) in [6.45, 7) is 7.81. The lowest BCUT2D eigenvalue weighted by atomic mass is 10.2. The summed E-state index contributed by atoms with van der Waals surface area (Å²) in [5.74, 6) is 0. The van der Waals surface area contributed by atoms with Gasteiger partial charge in [-0.3, -0.25) is 4.90 Å². The van der Waals surface area contributed by atoms with E-state index in [1.807, 2.05) is 24.3 Å². The Bertz CT molecular complexity index is 460. The van der Waals surface area contributed by atoms with Crippen LogP contribution in [0.1, 0.15) is 12.5 Å². The molecule has 0 amide bonds. The molecule has 0 aliphatic carbocycles. The summed E-state index contributed by atoms with van der Waals surface area (Å²) in [6, 6.07) is 18.7. The van der Waals surface area contributed by atoms with Gasteiger partial charge >= 0.3 is 0 Å². The van der Waals surface area contributed by atoms with Crippen LogP contribution in [-0.2, 0) is 11.2 Å². The zero-order valence-corrected chi connectivity index (χ0v) is 12.1. The third-order valence-electron chi connectivity index (χ3n) is 3.38. The highest BCUT2D eigenvalue weighted by Crippen LogP contribution is 2.25. The molecule has 0 aromatic heterocycles. The molecule has 0 N–H and O–H groups in total. The average Bonchev–Trinajstić information content (AvgIpc) is 3.18. The van der Waals surface area contributed by atoms with Crippen molar-refractivity contribution >= 4 is 0 Å². The standard InChI is InChI=1S/C18H23NO/c1-3-14-19(18-16(2)20-18)15-13-17-11-9-7-5-4-6-8-10-12-17/h3-12,16,18H,1,13-15H2,2H3. The van der Waals surface area contributed by atoms with Crippen LogP contribution in [0.5, 0.6) is 0 Å². The average molecular weight is 269 g/mol. The Morgan fingerprint density at radius 3 is 2.15 bits per heavy atom. The molecule has 2 atom stereocenters. The van der Waals surface area contributed by atoms with Crippen LogP contribution in [0.25, 0.3) is 0 Å². The Morgan fingerprint density at radius 1 is 1.10 bits per heavy atom. The molecule has 1 aliphatic heterocycles. The first-order valence-corrected chi connectivity index (χ1v) is 7.19. The molecular weight excluding hydrogens is 246 g/mol. The smallest absolute Gasteiger partial charge is 0.137 e. The van der Waals surface area contributed by atoms with Gasteiger partial charge in [-0.15, -0.1) is 6.58 Å². The minimum atomic E-state index is 0.274. The van der Waals surface area contributed by atoms with Crippen LogP contribution in [0.3, 0.4) is 0 Å². The van der Waals surface area contributed by atoms with E-state index in [2.05, 4.69) is 54.8 Å². The lowest BCUT2D eigenvalue weighted by Crippen LogP contribution is -2.30. The highest BCUT2D eigenvalue weighted by atomic mass is 16.6. The summed E-state index contributed by atoms with van der Waals surface area (Å²) >= 11 is 0. The van der Waals surface area contributed by atoms with Gasteiger partial charge in [0, 0.05) is 13.1 Å². The predicted molar refractivity (Wildman–Crippen MR) is 83.9 cm³/mol. The van der Waals surface area contributed by atoms with E-state index in [9.17, 15) is 0 Å². The molecule has 106 valence electrons. The van der Waals surface area contributed by atoms with Crippen LogP contribution in [0.4, 0.5) is 0 Å². The molecule has 1 aromatic carbocycles. The number of ether oxygens (including phenoxy) is 1. The molecule has 1 fully saturated rings. The fourth-order valence-corrected chi connectivity index (χ4v) is 2.22. The monoisotopic (exact) mass is 269 g/mol. The highest BCUT2D eigenvalue weighted by Gasteiger charge is 2.38. The molecule has 2 unspecified atom stereocenters. The van der Waals surface area contributed by atoms with E-state index >= 15 is 0 Å². The summed E-state index contributed by atoms with van der Waals surface area (Å²) in [5.41, 5.74) is 1.32. The van der Waals surface area contributed by atoms with Gasteiger partial charge in [-0.25, -0.2) is 0 Å². The van der Waals surface area contributed by atoms with Crippen LogP contribution in [0.15, 0.2) is 67.3 Å². The van der Waals surface area contributed by atoms with Gasteiger partial charge in [0.2, 0.25) is 0 Å². The molecule has 2 nitrogen and oxygen atoms in total. The fourth-order valence-electron chi connectivity index (χ4n) is 2.22. The highest BCUT2D eigenvalue weighted by molar-refractivity contribution is 5.12. The summed E-state index contributed by atoms with van der Waals surface area (Å²) in [7, 11) is 0. The van der Waals surface area contributed by atoms with E-state index < -0.39 is 0 Å². The Kier molecular flexibility index (Phi) is 5.78. The lowest BCUT2D eigenvalue weighted by Gasteiger charge is -2.17. The maximum atomic E-state index is 5.56. The first kappa shape index (κ1) is 14.8. The summed E-state index contributed by atoms with van der Waals surface area (Å²) < 4.78 is 5.56. The van der Waals surface area contributed by atoms with Gasteiger partial charge in [-0.1, -0.05) is 60.7 Å². The maximum absolute atomic E-state index is 5.56. The van der Waals surface area contributed by atoms with E-state index in [4.69, 9.17) is 4.74 Å². The van der Waals surface area contributed by atoms with Crippen LogP contribution in [0, 0.1) is 0 Å². The minimum absolute atomic E-state index is 0.274. The molecule has 0 saturated carbocycles. The lowest BCUT2D eigenvalue weighted by molar-refractivity contribution is 0.193. The first-order valence-electron chi connectivity index (χ1n) is 7.19. The Morgan fingerprint density at radius 2 is 1.65 bits per heavy atom. The van der Waals surface area contributed by atoms with Crippen LogP contribution < -0.4 is 0 Å². The molecule has 0 spiro atoms. The number of nitrogens with zero attached hydrogens (tertiary/aromatic N) is 1. The van der Waals surface area contributed by atoms with Gasteiger partial charge in [0.1, 0.15) is 6.23 Å². The molecule has 0 bridgehead atoms. The number of epoxide rings is 1. The number of hydrogen-bond acceptors (Lipinski definition) is 2. The van der Waals surface area contributed by atoms with Gasteiger partial charge in [0.15, 0.2) is 0 Å². The van der Waals surface area contributed by atoms with Crippen LogP contribution in [0.2, 0.25) is 0 Å². The van der Waals surface area contributed by atoms with Crippen LogP contribution in [-0.4, -0.2) is 30.3 Å². The van der Waals surface area contributed by atoms with Crippen molar-refractivity contribution in [2.75, 3.05) is 13.1 Å². The molecule has 0 radical (unpaired) electrons. The topological polar surface area (TPSA) is 15.8 Å². The van der Waals surface area contributed by atoms with E-state index in [0.717, 1.165) is 19.5 Å². The largest absolute Gasteiger partial charge is 0.353 e. The van der Waals surface area contributed by atoms with Gasteiger partial charge < -0.3 is 4.74 Å². The normalized spacial score (nSPS) is 20.3. The quantitative estimate of drug-likeness (QED) is 0.579. The van der Waals surface area contributed by atoms with Crippen molar-refractivity contribution in [2.45, 2.75) is 25.7 Å². The number of rotatable bonds is 6. The molecule has 20 heavy (non-hydrogen) atoms. The summed E-state index contributed by atoms with van der Waals surface area (Å²) in [6.07, 6.45) is 3.59. The molecule has 1 heterocycles. The second-order valence-electron chi connectivity index (χ2n) is 5.02. The zero-order valence-electron chi connectivity index (χ0n) is 12.1. The van der Waals surface area contributed by atoms with Crippen LogP contribution >= 0.6 is 0 Å².